The highest BCUT2D eigenvalue weighted by Crippen LogP contribution is 2.28. The van der Waals surface area contributed by atoms with Crippen LogP contribution in [0.2, 0.25) is 0 Å². The normalized spacial score (nSPS) is 19.7. The minimum Gasteiger partial charge on any atom is -0.497 e. The Morgan fingerprint density at radius 2 is 1.55 bits per heavy atom. The molecule has 3 nitrogen and oxygen atoms in total. The van der Waals surface area contributed by atoms with Gasteiger partial charge in [-0.3, -0.25) is 0 Å². The zero-order chi connectivity index (χ0) is 14.8. The molecule has 1 aliphatic rings. The van der Waals surface area contributed by atoms with Crippen LogP contribution >= 0.6 is 24.8 Å². The fourth-order valence-electron chi connectivity index (χ4n) is 3.47. The lowest BCUT2D eigenvalue weighted by Gasteiger charge is -2.46. The molecule has 0 bridgehead atoms. The molecule has 0 saturated carbocycles. The molecule has 2 N–H and O–H groups in total. The molecular formula is C17H30Cl2N2O. The Labute approximate surface area is 147 Å². The summed E-state index contributed by atoms with van der Waals surface area (Å²) in [6.07, 6.45) is 2.32. The summed E-state index contributed by atoms with van der Waals surface area (Å²) in [5, 5.41) is 7.42. The number of piperidine rings is 1. The summed E-state index contributed by atoms with van der Waals surface area (Å²) in [7, 11) is 1.70. The molecule has 128 valence electrons. The zero-order valence-electron chi connectivity index (χ0n) is 14.2. The van der Waals surface area contributed by atoms with Gasteiger partial charge in [-0.1, -0.05) is 12.1 Å². The standard InChI is InChI=1S/C17H28N2O.2ClH/c1-16(2)10-14(11-17(3,4)19-16)18-12-13-6-8-15(20-5)9-7-13;;/h6-9,14,18-19H,10-12H2,1-5H3;2*1H. The van der Waals surface area contributed by atoms with Gasteiger partial charge < -0.3 is 15.4 Å². The van der Waals surface area contributed by atoms with E-state index >= 15 is 0 Å². The first-order chi connectivity index (χ1) is 9.30. The Kier molecular flexibility index (Phi) is 8.21. The number of hydrogen-bond acceptors (Lipinski definition) is 3. The van der Waals surface area contributed by atoms with Gasteiger partial charge in [0.05, 0.1) is 7.11 Å². The maximum atomic E-state index is 5.19. The molecule has 1 heterocycles. The molecule has 0 unspecified atom stereocenters. The molecule has 0 radical (unpaired) electrons. The molecule has 1 fully saturated rings. The van der Waals surface area contributed by atoms with Gasteiger partial charge in [0.15, 0.2) is 0 Å². The summed E-state index contributed by atoms with van der Waals surface area (Å²) in [6.45, 7) is 10.1. The number of hydrogen-bond donors (Lipinski definition) is 2. The van der Waals surface area contributed by atoms with Crippen molar-refractivity contribution in [1.82, 2.24) is 10.6 Å². The summed E-state index contributed by atoms with van der Waals surface area (Å²) in [5.74, 6) is 0.915. The van der Waals surface area contributed by atoms with Crippen LogP contribution < -0.4 is 15.4 Å². The van der Waals surface area contributed by atoms with Crippen LogP contribution in [-0.2, 0) is 6.54 Å². The van der Waals surface area contributed by atoms with Crippen LogP contribution in [0, 0.1) is 0 Å². The third kappa shape index (κ3) is 6.33. The maximum absolute atomic E-state index is 5.19. The van der Waals surface area contributed by atoms with Gasteiger partial charge in [-0.15, -0.1) is 24.8 Å². The van der Waals surface area contributed by atoms with Crippen LogP contribution in [0.15, 0.2) is 24.3 Å². The highest BCUT2D eigenvalue weighted by atomic mass is 35.5. The number of ether oxygens (including phenoxy) is 1. The first-order valence-electron chi connectivity index (χ1n) is 7.45. The van der Waals surface area contributed by atoms with E-state index < -0.39 is 0 Å². The smallest absolute Gasteiger partial charge is 0.118 e. The summed E-state index contributed by atoms with van der Waals surface area (Å²) in [6, 6.07) is 8.86. The van der Waals surface area contributed by atoms with Crippen LogP contribution in [0.5, 0.6) is 5.75 Å². The summed E-state index contributed by atoms with van der Waals surface area (Å²) >= 11 is 0. The van der Waals surface area contributed by atoms with Crippen molar-refractivity contribution in [3.63, 3.8) is 0 Å². The first-order valence-corrected chi connectivity index (χ1v) is 7.45. The lowest BCUT2D eigenvalue weighted by molar-refractivity contribution is 0.145. The summed E-state index contributed by atoms with van der Waals surface area (Å²) < 4.78 is 5.19. The van der Waals surface area contributed by atoms with Gasteiger partial charge in [-0.2, -0.15) is 0 Å². The molecule has 22 heavy (non-hydrogen) atoms. The van der Waals surface area contributed by atoms with Crippen molar-refractivity contribution in [3.8, 4) is 5.75 Å². The second kappa shape index (κ2) is 8.39. The Morgan fingerprint density at radius 3 is 2.00 bits per heavy atom. The number of rotatable bonds is 4. The monoisotopic (exact) mass is 348 g/mol. The molecular weight excluding hydrogens is 319 g/mol. The molecule has 0 aromatic heterocycles. The average molecular weight is 349 g/mol. The van der Waals surface area contributed by atoms with Crippen molar-refractivity contribution in [1.29, 1.82) is 0 Å². The number of nitrogens with one attached hydrogen (secondary N) is 2. The minimum absolute atomic E-state index is 0. The van der Waals surface area contributed by atoms with E-state index in [4.69, 9.17) is 4.74 Å². The predicted molar refractivity (Wildman–Crippen MR) is 98.6 cm³/mol. The quantitative estimate of drug-likeness (QED) is 0.864. The van der Waals surface area contributed by atoms with Crippen molar-refractivity contribution >= 4 is 24.8 Å². The number of halogens is 2. The molecule has 5 heteroatoms. The number of methoxy groups -OCH3 is 1. The van der Waals surface area contributed by atoms with E-state index in [0.29, 0.717) is 6.04 Å². The zero-order valence-corrected chi connectivity index (χ0v) is 15.9. The minimum atomic E-state index is 0. The van der Waals surface area contributed by atoms with Crippen LogP contribution in [-0.4, -0.2) is 24.2 Å². The van der Waals surface area contributed by atoms with Crippen LogP contribution in [0.3, 0.4) is 0 Å². The van der Waals surface area contributed by atoms with Crippen molar-refractivity contribution in [3.05, 3.63) is 29.8 Å². The molecule has 1 aliphatic heterocycles. The molecule has 1 aromatic rings. The molecule has 1 saturated heterocycles. The highest BCUT2D eigenvalue weighted by molar-refractivity contribution is 5.85. The SMILES string of the molecule is COc1ccc(CNC2CC(C)(C)NC(C)(C)C2)cc1.Cl.Cl. The second-order valence-electron chi connectivity index (χ2n) is 7.23. The van der Waals surface area contributed by atoms with Crippen LogP contribution in [0.4, 0.5) is 0 Å². The fraction of sp³-hybridized carbons (Fsp3) is 0.647. The lowest BCUT2D eigenvalue weighted by atomic mass is 9.79. The molecule has 2 rings (SSSR count). The van der Waals surface area contributed by atoms with E-state index in [1.165, 1.54) is 5.56 Å². The average Bonchev–Trinajstić information content (AvgIpc) is 2.33. The lowest BCUT2D eigenvalue weighted by Crippen LogP contribution is -2.61. The van der Waals surface area contributed by atoms with Crippen molar-refractivity contribution in [2.75, 3.05) is 7.11 Å². The van der Waals surface area contributed by atoms with E-state index in [2.05, 4.69) is 50.5 Å². The van der Waals surface area contributed by atoms with E-state index in [1.54, 1.807) is 7.11 Å². The molecule has 0 aliphatic carbocycles. The van der Waals surface area contributed by atoms with Gasteiger partial charge in [0, 0.05) is 23.7 Å². The van der Waals surface area contributed by atoms with E-state index in [-0.39, 0.29) is 35.9 Å². The van der Waals surface area contributed by atoms with Gasteiger partial charge in [0.1, 0.15) is 5.75 Å². The number of benzene rings is 1. The topological polar surface area (TPSA) is 33.3 Å². The van der Waals surface area contributed by atoms with Gasteiger partial charge >= 0.3 is 0 Å². The summed E-state index contributed by atoms with van der Waals surface area (Å²) in [5.41, 5.74) is 1.69. The Morgan fingerprint density at radius 1 is 1.05 bits per heavy atom. The molecule has 0 spiro atoms. The third-order valence-corrected chi connectivity index (χ3v) is 3.94. The largest absolute Gasteiger partial charge is 0.497 e. The first kappa shape index (κ1) is 21.5. The van der Waals surface area contributed by atoms with Crippen molar-refractivity contribution in [2.24, 2.45) is 0 Å². The van der Waals surface area contributed by atoms with Gasteiger partial charge in [0.25, 0.3) is 0 Å². The van der Waals surface area contributed by atoms with E-state index in [9.17, 15) is 0 Å². The third-order valence-electron chi connectivity index (χ3n) is 3.94. The highest BCUT2D eigenvalue weighted by Gasteiger charge is 2.37. The van der Waals surface area contributed by atoms with Crippen molar-refractivity contribution < 1.29 is 4.74 Å². The van der Waals surface area contributed by atoms with Crippen molar-refractivity contribution in [2.45, 2.75) is 64.2 Å². The van der Waals surface area contributed by atoms with Gasteiger partial charge in [-0.25, -0.2) is 0 Å². The molecule has 1 aromatic carbocycles. The predicted octanol–water partition coefficient (Wildman–Crippen LogP) is 3.94. The second-order valence-corrected chi connectivity index (χ2v) is 7.23. The Hall–Kier alpha value is -0.480. The maximum Gasteiger partial charge on any atom is 0.118 e. The van der Waals surface area contributed by atoms with Crippen LogP contribution in [0.1, 0.15) is 46.1 Å². The Bertz CT molecular complexity index is 430. The van der Waals surface area contributed by atoms with Gasteiger partial charge in [0.2, 0.25) is 0 Å². The molecule has 0 atom stereocenters. The Balaban J connectivity index is 0.00000220. The van der Waals surface area contributed by atoms with E-state index in [0.717, 1.165) is 25.1 Å². The fourth-order valence-corrected chi connectivity index (χ4v) is 3.47. The summed E-state index contributed by atoms with van der Waals surface area (Å²) in [4.78, 5) is 0. The van der Waals surface area contributed by atoms with Crippen LogP contribution in [0.25, 0.3) is 0 Å². The molecule has 0 amide bonds. The van der Waals surface area contributed by atoms with Gasteiger partial charge in [-0.05, 0) is 58.2 Å². The van der Waals surface area contributed by atoms with E-state index in [1.807, 2.05) is 12.1 Å².